The maximum atomic E-state index is 12.5. The Kier molecular flexibility index (Phi) is 9.59. The first-order chi connectivity index (χ1) is 11.5. The van der Waals surface area contributed by atoms with Gasteiger partial charge in [-0.15, -0.1) is 0 Å². The first-order valence-electron chi connectivity index (χ1n) is 9.61. The van der Waals surface area contributed by atoms with E-state index in [0.29, 0.717) is 12.0 Å². The zero-order valence-corrected chi connectivity index (χ0v) is 16.0. The van der Waals surface area contributed by atoms with Crippen LogP contribution in [0.5, 0.6) is 0 Å². The molecule has 0 heterocycles. The molecule has 0 bridgehead atoms. The van der Waals surface area contributed by atoms with Crippen molar-refractivity contribution >= 4 is 11.6 Å². The van der Waals surface area contributed by atoms with Gasteiger partial charge in [0.2, 0.25) is 0 Å². The van der Waals surface area contributed by atoms with Crippen molar-refractivity contribution in [3.63, 3.8) is 0 Å². The van der Waals surface area contributed by atoms with Crippen LogP contribution in [0.15, 0.2) is 18.2 Å². The van der Waals surface area contributed by atoms with Crippen LogP contribution in [0.2, 0.25) is 0 Å². The second-order valence-corrected chi connectivity index (χ2v) is 7.08. The van der Waals surface area contributed by atoms with E-state index in [1.807, 2.05) is 32.0 Å². The molecule has 134 valence electrons. The number of unbranched alkanes of at least 4 members (excludes halogenated alkanes) is 7. The molecule has 0 aliphatic carbocycles. The van der Waals surface area contributed by atoms with Gasteiger partial charge in [0, 0.05) is 12.0 Å². The fourth-order valence-corrected chi connectivity index (χ4v) is 2.94. The SMILES string of the molecule is CCCCCCCCCCC(=O)C(C)C(=O)c1ccc(C)c(C)c1. The summed E-state index contributed by atoms with van der Waals surface area (Å²) in [7, 11) is 0. The second kappa shape index (κ2) is 11.2. The summed E-state index contributed by atoms with van der Waals surface area (Å²) in [6.07, 6.45) is 10.3. The summed E-state index contributed by atoms with van der Waals surface area (Å²) in [6, 6.07) is 5.70. The van der Waals surface area contributed by atoms with E-state index in [-0.39, 0.29) is 11.6 Å². The molecule has 1 atom stereocenters. The van der Waals surface area contributed by atoms with E-state index in [2.05, 4.69) is 6.92 Å². The lowest BCUT2D eigenvalue weighted by Crippen LogP contribution is -2.21. The molecule has 1 unspecified atom stereocenters. The van der Waals surface area contributed by atoms with E-state index in [1.54, 1.807) is 6.92 Å². The number of hydrogen-bond acceptors (Lipinski definition) is 2. The van der Waals surface area contributed by atoms with E-state index in [0.717, 1.165) is 18.4 Å². The number of rotatable bonds is 12. The summed E-state index contributed by atoms with van der Waals surface area (Å²) in [6.45, 7) is 8.01. The van der Waals surface area contributed by atoms with Crippen LogP contribution >= 0.6 is 0 Å². The van der Waals surface area contributed by atoms with Crippen molar-refractivity contribution in [1.82, 2.24) is 0 Å². The van der Waals surface area contributed by atoms with E-state index in [4.69, 9.17) is 0 Å². The fraction of sp³-hybridized carbons (Fsp3) is 0.636. The van der Waals surface area contributed by atoms with Crippen molar-refractivity contribution < 1.29 is 9.59 Å². The number of aryl methyl sites for hydroxylation is 2. The van der Waals surface area contributed by atoms with Crippen LogP contribution in [-0.4, -0.2) is 11.6 Å². The molecule has 1 rings (SSSR count). The fourth-order valence-electron chi connectivity index (χ4n) is 2.94. The van der Waals surface area contributed by atoms with E-state index >= 15 is 0 Å². The van der Waals surface area contributed by atoms with Gasteiger partial charge in [0.05, 0.1) is 5.92 Å². The number of hydrogen-bond donors (Lipinski definition) is 0. The Morgan fingerprint density at radius 3 is 2.04 bits per heavy atom. The van der Waals surface area contributed by atoms with Crippen molar-refractivity contribution in [1.29, 1.82) is 0 Å². The topological polar surface area (TPSA) is 34.1 Å². The maximum Gasteiger partial charge on any atom is 0.173 e. The predicted octanol–water partition coefficient (Wildman–Crippen LogP) is 6.22. The zero-order valence-electron chi connectivity index (χ0n) is 16.0. The normalized spacial score (nSPS) is 12.2. The molecular formula is C22H34O2. The lowest BCUT2D eigenvalue weighted by molar-refractivity contribution is -0.121. The highest BCUT2D eigenvalue weighted by molar-refractivity contribution is 6.10. The molecule has 0 fully saturated rings. The molecule has 0 spiro atoms. The van der Waals surface area contributed by atoms with Crippen LogP contribution in [0.1, 0.15) is 93.1 Å². The Balaban J connectivity index is 2.31. The molecule has 0 aromatic heterocycles. The second-order valence-electron chi connectivity index (χ2n) is 7.08. The van der Waals surface area contributed by atoms with E-state index < -0.39 is 5.92 Å². The Labute approximate surface area is 148 Å². The molecule has 0 saturated heterocycles. The number of carbonyl (C=O) groups is 2. The Morgan fingerprint density at radius 2 is 1.46 bits per heavy atom. The molecule has 2 heteroatoms. The highest BCUT2D eigenvalue weighted by Gasteiger charge is 2.22. The van der Waals surface area contributed by atoms with Gasteiger partial charge >= 0.3 is 0 Å². The van der Waals surface area contributed by atoms with Gasteiger partial charge in [0.25, 0.3) is 0 Å². The maximum absolute atomic E-state index is 12.5. The number of ketones is 2. The van der Waals surface area contributed by atoms with Crippen LogP contribution < -0.4 is 0 Å². The predicted molar refractivity (Wildman–Crippen MR) is 102 cm³/mol. The molecule has 2 nitrogen and oxygen atoms in total. The van der Waals surface area contributed by atoms with Crippen molar-refractivity contribution in [3.05, 3.63) is 34.9 Å². The van der Waals surface area contributed by atoms with Crippen LogP contribution in [0.4, 0.5) is 0 Å². The van der Waals surface area contributed by atoms with E-state index in [9.17, 15) is 9.59 Å². The van der Waals surface area contributed by atoms with Crippen molar-refractivity contribution in [2.45, 2.75) is 85.5 Å². The Bertz CT molecular complexity index is 531. The highest BCUT2D eigenvalue weighted by atomic mass is 16.1. The van der Waals surface area contributed by atoms with Gasteiger partial charge in [-0.1, -0.05) is 64.0 Å². The van der Waals surface area contributed by atoms with Crippen LogP contribution in [0.3, 0.4) is 0 Å². The van der Waals surface area contributed by atoms with Crippen molar-refractivity contribution in [3.8, 4) is 0 Å². The van der Waals surface area contributed by atoms with Gasteiger partial charge < -0.3 is 0 Å². The molecule has 1 aromatic carbocycles. The van der Waals surface area contributed by atoms with Crippen molar-refractivity contribution in [2.24, 2.45) is 5.92 Å². The number of benzene rings is 1. The zero-order chi connectivity index (χ0) is 17.9. The third kappa shape index (κ3) is 6.98. The van der Waals surface area contributed by atoms with Gasteiger partial charge in [0.15, 0.2) is 5.78 Å². The molecular weight excluding hydrogens is 296 g/mol. The summed E-state index contributed by atoms with van der Waals surface area (Å²) in [4.78, 5) is 24.7. The van der Waals surface area contributed by atoms with Gasteiger partial charge in [-0.2, -0.15) is 0 Å². The molecule has 0 radical (unpaired) electrons. The first kappa shape index (κ1) is 20.6. The summed E-state index contributed by atoms with van der Waals surface area (Å²) < 4.78 is 0. The molecule has 0 aliphatic rings. The first-order valence-corrected chi connectivity index (χ1v) is 9.61. The third-order valence-corrected chi connectivity index (χ3v) is 4.94. The molecule has 24 heavy (non-hydrogen) atoms. The Morgan fingerprint density at radius 1 is 0.875 bits per heavy atom. The smallest absolute Gasteiger partial charge is 0.173 e. The quantitative estimate of drug-likeness (QED) is 0.259. The molecule has 0 aliphatic heterocycles. The van der Waals surface area contributed by atoms with Crippen molar-refractivity contribution in [2.75, 3.05) is 0 Å². The van der Waals surface area contributed by atoms with Gasteiger partial charge in [-0.05, 0) is 44.4 Å². The number of Topliss-reactive ketones (excluding diaryl/α,β-unsaturated/α-hetero) is 2. The summed E-state index contributed by atoms with van der Waals surface area (Å²) in [5.74, 6) is -0.469. The largest absolute Gasteiger partial charge is 0.299 e. The van der Waals surface area contributed by atoms with Gasteiger partial charge in [-0.25, -0.2) is 0 Å². The summed E-state index contributed by atoms with van der Waals surface area (Å²) in [5.41, 5.74) is 2.93. The molecule has 0 N–H and O–H groups in total. The molecule has 1 aromatic rings. The lowest BCUT2D eigenvalue weighted by atomic mass is 9.91. The average Bonchev–Trinajstić information content (AvgIpc) is 2.58. The van der Waals surface area contributed by atoms with Crippen LogP contribution in [0.25, 0.3) is 0 Å². The molecule has 0 saturated carbocycles. The van der Waals surface area contributed by atoms with Crippen LogP contribution in [0, 0.1) is 19.8 Å². The van der Waals surface area contributed by atoms with E-state index in [1.165, 1.54) is 44.1 Å². The number of carbonyl (C=O) groups excluding carboxylic acids is 2. The summed E-state index contributed by atoms with van der Waals surface area (Å²) >= 11 is 0. The third-order valence-electron chi connectivity index (χ3n) is 4.94. The minimum Gasteiger partial charge on any atom is -0.299 e. The molecule has 0 amide bonds. The van der Waals surface area contributed by atoms with Gasteiger partial charge in [0.1, 0.15) is 5.78 Å². The summed E-state index contributed by atoms with van der Waals surface area (Å²) in [5, 5.41) is 0. The highest BCUT2D eigenvalue weighted by Crippen LogP contribution is 2.17. The standard InChI is InChI=1S/C22H34O2/c1-5-6-7-8-9-10-11-12-13-21(23)19(4)22(24)20-15-14-17(2)18(3)16-20/h14-16,19H,5-13H2,1-4H3. The van der Waals surface area contributed by atoms with Gasteiger partial charge in [-0.3, -0.25) is 9.59 Å². The minimum absolute atomic E-state index is 0.0392. The lowest BCUT2D eigenvalue weighted by Gasteiger charge is -2.11. The minimum atomic E-state index is -0.517. The van der Waals surface area contributed by atoms with Crippen LogP contribution in [-0.2, 0) is 4.79 Å². The average molecular weight is 331 g/mol. The monoisotopic (exact) mass is 330 g/mol. The Hall–Kier alpha value is -1.44.